The van der Waals surface area contributed by atoms with Crippen molar-refractivity contribution in [2.75, 3.05) is 13.7 Å². The summed E-state index contributed by atoms with van der Waals surface area (Å²) >= 11 is 0. The Balaban J connectivity index is 3.02. The number of benzene rings is 1. The van der Waals surface area contributed by atoms with E-state index in [2.05, 4.69) is 25.7 Å². The summed E-state index contributed by atoms with van der Waals surface area (Å²) in [5.41, 5.74) is 1.33. The number of hydrogen-bond donors (Lipinski definition) is 1. The molecule has 0 aliphatic rings. The molecule has 1 amide bonds. The molecule has 0 saturated heterocycles. The maximum atomic E-state index is 12.6. The van der Waals surface area contributed by atoms with Gasteiger partial charge in [-0.1, -0.05) is 37.8 Å². The van der Waals surface area contributed by atoms with Crippen LogP contribution in [0.25, 0.3) is 0 Å². The third-order valence-corrected chi connectivity index (χ3v) is 3.51. The molecule has 0 aliphatic heterocycles. The third-order valence-electron chi connectivity index (χ3n) is 3.51. The number of aliphatic hydroxyl groups is 1. The van der Waals surface area contributed by atoms with E-state index in [9.17, 15) is 4.79 Å². The second-order valence-electron chi connectivity index (χ2n) is 5.22. The first-order valence-corrected chi connectivity index (χ1v) is 6.95. The maximum Gasteiger partial charge on any atom is 0.255 e. The quantitative estimate of drug-likeness (QED) is 0.856. The molecule has 1 atom stereocenters. The van der Waals surface area contributed by atoms with Crippen molar-refractivity contribution >= 4 is 5.91 Å². The molecule has 0 radical (unpaired) electrons. The molecule has 1 aromatic carbocycles. The molecule has 0 saturated carbocycles. The molecule has 20 heavy (non-hydrogen) atoms. The van der Waals surface area contributed by atoms with Gasteiger partial charge in [0.15, 0.2) is 0 Å². The largest absolute Gasteiger partial charge is 0.395 e. The number of hydrogen-bond acceptors (Lipinski definition) is 2. The van der Waals surface area contributed by atoms with Gasteiger partial charge in [0, 0.05) is 25.1 Å². The molecule has 3 heteroatoms. The number of nitrogens with zero attached hydrogens (tertiary/aromatic N) is 1. The molecule has 108 valence electrons. The fraction of sp³-hybridized carbons (Fsp3) is 0.471. The van der Waals surface area contributed by atoms with Crippen molar-refractivity contribution in [2.45, 2.75) is 33.2 Å². The summed E-state index contributed by atoms with van der Waals surface area (Å²) in [5.74, 6) is 6.21. The van der Waals surface area contributed by atoms with Crippen molar-refractivity contribution in [2.24, 2.45) is 5.92 Å². The molecule has 0 bridgehead atoms. The normalized spacial score (nSPS) is 11.7. The minimum atomic E-state index is -0.0138. The topological polar surface area (TPSA) is 40.5 Å². The van der Waals surface area contributed by atoms with Gasteiger partial charge in [-0.05, 0) is 25.0 Å². The van der Waals surface area contributed by atoms with Crippen LogP contribution in [0.3, 0.4) is 0 Å². The van der Waals surface area contributed by atoms with Crippen molar-refractivity contribution in [3.63, 3.8) is 0 Å². The maximum absolute atomic E-state index is 12.6. The average Bonchev–Trinajstić information content (AvgIpc) is 2.45. The highest BCUT2D eigenvalue weighted by Crippen LogP contribution is 2.15. The van der Waals surface area contributed by atoms with E-state index < -0.39 is 0 Å². The van der Waals surface area contributed by atoms with Gasteiger partial charge in [0.25, 0.3) is 5.91 Å². The Labute approximate surface area is 121 Å². The van der Waals surface area contributed by atoms with Crippen LogP contribution in [-0.4, -0.2) is 35.6 Å². The van der Waals surface area contributed by atoms with Crippen molar-refractivity contribution in [1.82, 2.24) is 4.90 Å². The van der Waals surface area contributed by atoms with Gasteiger partial charge in [0.1, 0.15) is 0 Å². The van der Waals surface area contributed by atoms with E-state index >= 15 is 0 Å². The van der Waals surface area contributed by atoms with Gasteiger partial charge in [0.05, 0.1) is 12.2 Å². The molecule has 1 aromatic rings. The van der Waals surface area contributed by atoms with Crippen LogP contribution >= 0.6 is 0 Å². The van der Waals surface area contributed by atoms with Crippen LogP contribution in [0.15, 0.2) is 24.3 Å². The van der Waals surface area contributed by atoms with Crippen molar-refractivity contribution < 1.29 is 9.90 Å². The lowest BCUT2D eigenvalue weighted by atomic mass is 10.0. The summed E-state index contributed by atoms with van der Waals surface area (Å²) in [6, 6.07) is 7.52. The van der Waals surface area contributed by atoms with Crippen molar-refractivity contribution in [1.29, 1.82) is 0 Å². The molecule has 3 nitrogen and oxygen atoms in total. The van der Waals surface area contributed by atoms with Crippen molar-refractivity contribution in [3.05, 3.63) is 35.4 Å². The fourth-order valence-electron chi connectivity index (χ4n) is 1.81. The van der Waals surface area contributed by atoms with E-state index in [0.717, 1.165) is 0 Å². The van der Waals surface area contributed by atoms with Crippen LogP contribution in [0, 0.1) is 17.8 Å². The second-order valence-corrected chi connectivity index (χ2v) is 5.22. The fourth-order valence-corrected chi connectivity index (χ4v) is 1.81. The summed E-state index contributed by atoms with van der Waals surface area (Å²) in [4.78, 5) is 14.3. The number of aliphatic hydroxyl groups excluding tert-OH is 1. The smallest absolute Gasteiger partial charge is 0.255 e. The Bertz CT molecular complexity index is 511. The number of carbonyl (C=O) groups is 1. The lowest BCUT2D eigenvalue weighted by molar-refractivity contribution is 0.0707. The summed E-state index contributed by atoms with van der Waals surface area (Å²) in [5, 5.41) is 8.77. The second kappa shape index (κ2) is 7.72. The lowest BCUT2D eigenvalue weighted by Crippen LogP contribution is -2.38. The summed E-state index contributed by atoms with van der Waals surface area (Å²) in [6.07, 6.45) is 0.417. The van der Waals surface area contributed by atoms with Crippen LogP contribution in [0.2, 0.25) is 0 Å². The molecule has 0 heterocycles. The molecule has 1 unspecified atom stereocenters. The molecule has 1 N–H and O–H groups in total. The number of amides is 1. The van der Waals surface area contributed by atoms with E-state index in [4.69, 9.17) is 5.11 Å². The van der Waals surface area contributed by atoms with Crippen LogP contribution < -0.4 is 0 Å². The Morgan fingerprint density at radius 3 is 2.55 bits per heavy atom. The highest BCUT2D eigenvalue weighted by atomic mass is 16.2. The predicted molar refractivity (Wildman–Crippen MR) is 81.4 cm³/mol. The zero-order valence-corrected chi connectivity index (χ0v) is 12.7. The average molecular weight is 273 g/mol. The first kappa shape index (κ1) is 16.3. The van der Waals surface area contributed by atoms with Gasteiger partial charge in [0.2, 0.25) is 0 Å². The predicted octanol–water partition coefficient (Wildman–Crippen LogP) is 2.54. The first-order chi connectivity index (χ1) is 9.49. The highest BCUT2D eigenvalue weighted by molar-refractivity contribution is 5.96. The van der Waals surface area contributed by atoms with Gasteiger partial charge >= 0.3 is 0 Å². The zero-order chi connectivity index (χ0) is 15.1. The molecule has 0 fully saturated rings. The van der Waals surface area contributed by atoms with Crippen molar-refractivity contribution in [3.8, 4) is 11.8 Å². The Hall–Kier alpha value is -1.79. The molecule has 0 aliphatic carbocycles. The van der Waals surface area contributed by atoms with E-state index in [1.165, 1.54) is 0 Å². The number of carbonyl (C=O) groups excluding carboxylic acids is 1. The monoisotopic (exact) mass is 273 g/mol. The van der Waals surface area contributed by atoms with E-state index in [-0.39, 0.29) is 18.6 Å². The van der Waals surface area contributed by atoms with Gasteiger partial charge in [-0.2, -0.15) is 0 Å². The van der Waals surface area contributed by atoms with Gasteiger partial charge in [-0.15, -0.1) is 0 Å². The van der Waals surface area contributed by atoms with E-state index in [0.29, 0.717) is 23.5 Å². The Kier molecular flexibility index (Phi) is 6.27. The Morgan fingerprint density at radius 2 is 1.95 bits per heavy atom. The SMILES string of the molecule is CC(C)C(C)N(C)C(=O)c1ccccc1C#CCCO. The van der Waals surface area contributed by atoms with Crippen LogP contribution in [0.4, 0.5) is 0 Å². The van der Waals surface area contributed by atoms with Crippen LogP contribution in [0.1, 0.15) is 43.1 Å². The summed E-state index contributed by atoms with van der Waals surface area (Å²) in [6.45, 7) is 6.28. The van der Waals surface area contributed by atoms with Crippen LogP contribution in [-0.2, 0) is 0 Å². The third kappa shape index (κ3) is 4.11. The standard InChI is InChI=1S/C17H23NO2/c1-13(2)14(3)18(4)17(20)16-11-6-5-9-15(16)10-7-8-12-19/h5-6,9,11,13-14,19H,8,12H2,1-4H3. The molecular weight excluding hydrogens is 250 g/mol. The van der Waals surface area contributed by atoms with Gasteiger partial charge < -0.3 is 10.0 Å². The number of rotatable bonds is 4. The van der Waals surface area contributed by atoms with Gasteiger partial charge in [-0.25, -0.2) is 0 Å². The van der Waals surface area contributed by atoms with Gasteiger partial charge in [-0.3, -0.25) is 4.79 Å². The molecule has 1 rings (SSSR count). The minimum absolute atomic E-state index is 0.0138. The van der Waals surface area contributed by atoms with E-state index in [1.54, 1.807) is 11.0 Å². The molecular formula is C17H23NO2. The minimum Gasteiger partial charge on any atom is -0.395 e. The highest BCUT2D eigenvalue weighted by Gasteiger charge is 2.21. The molecule has 0 aromatic heterocycles. The summed E-state index contributed by atoms with van der Waals surface area (Å²) < 4.78 is 0. The first-order valence-electron chi connectivity index (χ1n) is 6.95. The molecule has 0 spiro atoms. The lowest BCUT2D eigenvalue weighted by Gasteiger charge is -2.28. The van der Waals surface area contributed by atoms with E-state index in [1.807, 2.05) is 32.2 Å². The van der Waals surface area contributed by atoms with Crippen LogP contribution in [0.5, 0.6) is 0 Å². The Morgan fingerprint density at radius 1 is 1.30 bits per heavy atom. The summed E-state index contributed by atoms with van der Waals surface area (Å²) in [7, 11) is 1.82. The zero-order valence-electron chi connectivity index (χ0n) is 12.7.